The van der Waals surface area contributed by atoms with Crippen LogP contribution in [-0.2, 0) is 10.0 Å². The smallest absolute Gasteiger partial charge is 0.240 e. The fourth-order valence-electron chi connectivity index (χ4n) is 1.13. The standard InChI is InChI=1S/C9H14N2O3S2/c1-6(5-12)15-7-2-3-9(8(10)4-7)16(11,13)14/h2-4,6,12H,5,10H2,1H3,(H2,11,13,14). The highest BCUT2D eigenvalue weighted by Gasteiger charge is 2.13. The third-order valence-corrected chi connectivity index (χ3v) is 3.94. The Balaban J connectivity index is 3.01. The summed E-state index contributed by atoms with van der Waals surface area (Å²) in [6.45, 7) is 1.90. The molecule has 0 radical (unpaired) electrons. The summed E-state index contributed by atoms with van der Waals surface area (Å²) in [6, 6.07) is 4.53. The molecule has 0 aliphatic heterocycles. The highest BCUT2D eigenvalue weighted by atomic mass is 32.2. The number of benzene rings is 1. The molecule has 0 amide bonds. The van der Waals surface area contributed by atoms with Crippen LogP contribution in [-0.4, -0.2) is 25.4 Å². The van der Waals surface area contributed by atoms with Gasteiger partial charge in [0.2, 0.25) is 10.0 Å². The van der Waals surface area contributed by atoms with Crippen molar-refractivity contribution in [3.63, 3.8) is 0 Å². The van der Waals surface area contributed by atoms with Crippen molar-refractivity contribution < 1.29 is 13.5 Å². The first-order valence-corrected chi connectivity index (χ1v) is 6.97. The zero-order valence-electron chi connectivity index (χ0n) is 8.75. The first-order chi connectivity index (χ1) is 7.34. The maximum absolute atomic E-state index is 11.1. The number of primary sulfonamides is 1. The average molecular weight is 262 g/mol. The molecular weight excluding hydrogens is 248 g/mol. The maximum atomic E-state index is 11.1. The monoisotopic (exact) mass is 262 g/mol. The fourth-order valence-corrected chi connectivity index (χ4v) is 2.65. The molecular formula is C9H14N2O3S2. The number of hydrogen-bond donors (Lipinski definition) is 3. The van der Waals surface area contributed by atoms with Gasteiger partial charge in [-0.3, -0.25) is 0 Å². The molecule has 0 saturated heterocycles. The van der Waals surface area contributed by atoms with Crippen LogP contribution in [0.15, 0.2) is 28.0 Å². The van der Waals surface area contributed by atoms with E-state index in [-0.39, 0.29) is 22.4 Å². The normalized spacial score (nSPS) is 13.7. The fraction of sp³-hybridized carbons (Fsp3) is 0.333. The van der Waals surface area contributed by atoms with E-state index in [0.717, 1.165) is 4.90 Å². The molecule has 5 nitrogen and oxygen atoms in total. The van der Waals surface area contributed by atoms with Crippen molar-refractivity contribution in [3.05, 3.63) is 18.2 Å². The number of hydrogen-bond acceptors (Lipinski definition) is 5. The van der Waals surface area contributed by atoms with E-state index >= 15 is 0 Å². The third kappa shape index (κ3) is 3.38. The summed E-state index contributed by atoms with van der Waals surface area (Å²) in [6.07, 6.45) is 0. The van der Waals surface area contributed by atoms with Crippen molar-refractivity contribution in [1.82, 2.24) is 0 Å². The molecule has 1 atom stereocenters. The molecule has 0 heterocycles. The Bertz CT molecular complexity index is 474. The van der Waals surface area contributed by atoms with Gasteiger partial charge in [-0.25, -0.2) is 13.6 Å². The van der Waals surface area contributed by atoms with Gasteiger partial charge in [-0.05, 0) is 18.2 Å². The molecule has 0 aromatic heterocycles. The van der Waals surface area contributed by atoms with E-state index in [9.17, 15) is 8.42 Å². The van der Waals surface area contributed by atoms with E-state index in [4.69, 9.17) is 16.0 Å². The van der Waals surface area contributed by atoms with Gasteiger partial charge in [-0.1, -0.05) is 6.92 Å². The lowest BCUT2D eigenvalue weighted by Crippen LogP contribution is -2.14. The van der Waals surface area contributed by atoms with Gasteiger partial charge in [-0.2, -0.15) is 0 Å². The molecule has 0 fully saturated rings. The lowest BCUT2D eigenvalue weighted by atomic mass is 10.3. The Morgan fingerprint density at radius 3 is 2.56 bits per heavy atom. The van der Waals surface area contributed by atoms with E-state index in [1.54, 1.807) is 6.07 Å². The molecule has 90 valence electrons. The van der Waals surface area contributed by atoms with Crippen LogP contribution in [0.1, 0.15) is 6.92 Å². The molecule has 0 spiro atoms. The Labute approximate surface area is 98.9 Å². The van der Waals surface area contributed by atoms with E-state index in [0.29, 0.717) is 0 Å². The number of aliphatic hydroxyl groups excluding tert-OH is 1. The van der Waals surface area contributed by atoms with Crippen LogP contribution in [0.3, 0.4) is 0 Å². The number of aliphatic hydroxyl groups is 1. The van der Waals surface area contributed by atoms with Crippen molar-refractivity contribution in [2.45, 2.75) is 22.0 Å². The molecule has 1 rings (SSSR count). The second-order valence-corrected chi connectivity index (χ2v) is 6.40. The van der Waals surface area contributed by atoms with Crippen molar-refractivity contribution >= 4 is 27.5 Å². The molecule has 1 aromatic carbocycles. The molecule has 1 unspecified atom stereocenters. The van der Waals surface area contributed by atoms with Crippen LogP contribution in [0.5, 0.6) is 0 Å². The van der Waals surface area contributed by atoms with Gasteiger partial charge in [0.15, 0.2) is 0 Å². The van der Waals surface area contributed by atoms with Crippen molar-refractivity contribution in [2.75, 3.05) is 12.3 Å². The summed E-state index contributed by atoms with van der Waals surface area (Å²) >= 11 is 1.41. The van der Waals surface area contributed by atoms with E-state index in [1.165, 1.54) is 23.9 Å². The molecule has 0 saturated carbocycles. The minimum Gasteiger partial charge on any atom is -0.398 e. The summed E-state index contributed by atoms with van der Waals surface area (Å²) in [7, 11) is -3.77. The zero-order chi connectivity index (χ0) is 12.3. The lowest BCUT2D eigenvalue weighted by molar-refractivity contribution is 0.300. The molecule has 0 aliphatic carbocycles. The predicted octanol–water partition coefficient (Wildman–Crippen LogP) is 0.389. The summed E-state index contributed by atoms with van der Waals surface area (Å²) in [5.41, 5.74) is 5.71. The van der Waals surface area contributed by atoms with Crippen molar-refractivity contribution in [3.8, 4) is 0 Å². The number of thioether (sulfide) groups is 1. The number of nitrogen functional groups attached to an aromatic ring is 1. The van der Waals surface area contributed by atoms with Crippen LogP contribution in [0.25, 0.3) is 0 Å². The van der Waals surface area contributed by atoms with Crippen LogP contribution in [0.4, 0.5) is 5.69 Å². The van der Waals surface area contributed by atoms with Crippen LogP contribution < -0.4 is 10.9 Å². The summed E-state index contributed by atoms with van der Waals surface area (Å²) in [5.74, 6) is 0. The Morgan fingerprint density at radius 2 is 2.12 bits per heavy atom. The Hall–Kier alpha value is -0.760. The molecule has 5 N–H and O–H groups in total. The minimum absolute atomic E-state index is 0.0275. The Morgan fingerprint density at radius 1 is 1.50 bits per heavy atom. The number of sulfonamides is 1. The molecule has 0 aliphatic rings. The summed E-state index contributed by atoms with van der Waals surface area (Å²) in [4.78, 5) is 0.722. The molecule has 1 aromatic rings. The summed E-state index contributed by atoms with van der Waals surface area (Å²) < 4.78 is 22.2. The average Bonchev–Trinajstić information content (AvgIpc) is 2.15. The second-order valence-electron chi connectivity index (χ2n) is 3.36. The molecule has 16 heavy (non-hydrogen) atoms. The molecule has 0 bridgehead atoms. The topological polar surface area (TPSA) is 106 Å². The van der Waals surface area contributed by atoms with Crippen LogP contribution in [0, 0.1) is 0 Å². The minimum atomic E-state index is -3.77. The van der Waals surface area contributed by atoms with Gasteiger partial charge in [0.05, 0.1) is 12.3 Å². The second kappa shape index (κ2) is 5.05. The van der Waals surface area contributed by atoms with Crippen LogP contribution in [0.2, 0.25) is 0 Å². The SMILES string of the molecule is CC(CO)Sc1ccc(S(N)(=O)=O)c(N)c1. The predicted molar refractivity (Wildman–Crippen MR) is 64.6 cm³/mol. The van der Waals surface area contributed by atoms with E-state index in [1.807, 2.05) is 6.92 Å². The number of nitrogens with two attached hydrogens (primary N) is 2. The van der Waals surface area contributed by atoms with Gasteiger partial charge >= 0.3 is 0 Å². The highest BCUT2D eigenvalue weighted by Crippen LogP contribution is 2.27. The van der Waals surface area contributed by atoms with Crippen molar-refractivity contribution in [2.24, 2.45) is 5.14 Å². The van der Waals surface area contributed by atoms with Gasteiger partial charge < -0.3 is 10.8 Å². The maximum Gasteiger partial charge on any atom is 0.240 e. The quantitative estimate of drug-likeness (QED) is 0.537. The van der Waals surface area contributed by atoms with Gasteiger partial charge in [0, 0.05) is 10.1 Å². The van der Waals surface area contributed by atoms with Crippen LogP contribution >= 0.6 is 11.8 Å². The zero-order valence-corrected chi connectivity index (χ0v) is 10.4. The first kappa shape index (κ1) is 13.3. The van der Waals surface area contributed by atoms with E-state index in [2.05, 4.69) is 0 Å². The number of anilines is 1. The van der Waals surface area contributed by atoms with E-state index < -0.39 is 10.0 Å². The van der Waals surface area contributed by atoms with Gasteiger partial charge in [-0.15, -0.1) is 11.8 Å². The third-order valence-electron chi connectivity index (χ3n) is 1.88. The number of rotatable bonds is 4. The van der Waals surface area contributed by atoms with Gasteiger partial charge in [0.1, 0.15) is 4.90 Å². The van der Waals surface area contributed by atoms with Gasteiger partial charge in [0.25, 0.3) is 0 Å². The Kier molecular flexibility index (Phi) is 4.20. The highest BCUT2D eigenvalue weighted by molar-refractivity contribution is 8.00. The van der Waals surface area contributed by atoms with Crippen molar-refractivity contribution in [1.29, 1.82) is 0 Å². The molecule has 7 heteroatoms. The summed E-state index contributed by atoms with van der Waals surface area (Å²) in [5, 5.41) is 13.9. The first-order valence-electron chi connectivity index (χ1n) is 4.54. The lowest BCUT2D eigenvalue weighted by Gasteiger charge is -2.09. The largest absolute Gasteiger partial charge is 0.398 e.